The van der Waals surface area contributed by atoms with Gasteiger partial charge in [0.25, 0.3) is 6.43 Å². The highest BCUT2D eigenvalue weighted by Crippen LogP contribution is 2.46. The van der Waals surface area contributed by atoms with Crippen LogP contribution >= 0.6 is 0 Å². The lowest BCUT2D eigenvalue weighted by Crippen LogP contribution is -2.28. The summed E-state index contributed by atoms with van der Waals surface area (Å²) in [5.41, 5.74) is -1.04. The number of nitrogens with one attached hydrogen (secondary N) is 1. The first-order chi connectivity index (χ1) is 12.2. The molecule has 1 aliphatic rings. The number of aliphatic hydroxyl groups excluding tert-OH is 1. The number of benzene rings is 2. The number of rotatable bonds is 4. The van der Waals surface area contributed by atoms with E-state index in [9.17, 15) is 26.9 Å². The predicted octanol–water partition coefficient (Wildman–Crippen LogP) is 3.10. The van der Waals surface area contributed by atoms with E-state index in [1.54, 1.807) is 0 Å². The van der Waals surface area contributed by atoms with Crippen molar-refractivity contribution >= 4 is 10.1 Å². The van der Waals surface area contributed by atoms with Crippen LogP contribution in [0.3, 0.4) is 0 Å². The van der Waals surface area contributed by atoms with Gasteiger partial charge in [-0.15, -0.1) is 0 Å². The second-order valence-corrected chi connectivity index (χ2v) is 8.13. The molecule has 3 rings (SSSR count). The van der Waals surface area contributed by atoms with Crippen LogP contribution < -0.4 is 9.46 Å². The van der Waals surface area contributed by atoms with Crippen LogP contribution in [0.15, 0.2) is 35.2 Å². The number of nitriles is 1. The van der Waals surface area contributed by atoms with Crippen molar-refractivity contribution in [3.8, 4) is 17.7 Å². The van der Waals surface area contributed by atoms with Gasteiger partial charge in [0.2, 0.25) is 0 Å². The lowest BCUT2D eigenvalue weighted by molar-refractivity contribution is 0.137. The van der Waals surface area contributed by atoms with E-state index in [2.05, 4.69) is 4.72 Å². The highest BCUT2D eigenvalue weighted by Gasteiger charge is 2.39. The molecule has 5 nitrogen and oxygen atoms in total. The number of ether oxygens (including phenoxy) is 1. The lowest BCUT2D eigenvalue weighted by atomic mass is 10.0. The summed E-state index contributed by atoms with van der Waals surface area (Å²) in [5, 5.41) is 18.8. The van der Waals surface area contributed by atoms with Crippen molar-refractivity contribution in [3.05, 3.63) is 53.1 Å². The fourth-order valence-corrected chi connectivity index (χ4v) is 5.13. The standard InChI is InChI=1S/C16H12F4N2O3S/c17-8-3-9(18)5-10(4-8)25-12-1-2-13-14(15(12)16(19)20)11(23)6-26(13,24)22-7-21/h1-5,11,16,23,26H,6H2,(H,22,24). The number of aliphatic hydroxyl groups is 1. The third kappa shape index (κ3) is 3.11. The van der Waals surface area contributed by atoms with Crippen LogP contribution in [-0.2, 0) is 10.1 Å². The molecular weight excluding hydrogens is 376 g/mol. The number of nitrogens with zero attached hydrogens (tertiary/aromatic N) is 1. The molecule has 0 fully saturated rings. The summed E-state index contributed by atoms with van der Waals surface area (Å²) in [4.78, 5) is -0.0976. The molecule has 1 aliphatic heterocycles. The van der Waals surface area contributed by atoms with Gasteiger partial charge in [0.05, 0.1) is 17.4 Å². The number of alkyl halides is 2. The third-order valence-corrected chi connectivity index (χ3v) is 6.38. The van der Waals surface area contributed by atoms with Gasteiger partial charge < -0.3 is 9.84 Å². The van der Waals surface area contributed by atoms with E-state index in [1.165, 1.54) is 12.3 Å². The van der Waals surface area contributed by atoms with Gasteiger partial charge in [-0.05, 0) is 22.3 Å². The molecule has 138 valence electrons. The minimum absolute atomic E-state index is 0.0976. The second kappa shape index (κ2) is 6.59. The fourth-order valence-electron chi connectivity index (χ4n) is 2.92. The Kier molecular flexibility index (Phi) is 4.60. The van der Waals surface area contributed by atoms with Crippen LogP contribution in [-0.4, -0.2) is 15.1 Å². The highest BCUT2D eigenvalue weighted by molar-refractivity contribution is 8.01. The van der Waals surface area contributed by atoms with E-state index in [0.717, 1.165) is 18.2 Å². The number of fused-ring (bicyclic) bond motifs is 1. The SMILES string of the molecule is N#CN[SH]1(=O)CC(O)c2c1ccc(Oc1cc(F)cc(F)c1)c2C(F)F. The van der Waals surface area contributed by atoms with Gasteiger partial charge in [-0.3, -0.25) is 8.93 Å². The minimum atomic E-state index is -3.57. The molecule has 0 aromatic heterocycles. The van der Waals surface area contributed by atoms with Crippen LogP contribution in [0.4, 0.5) is 17.6 Å². The Balaban J connectivity index is 2.13. The summed E-state index contributed by atoms with van der Waals surface area (Å²) >= 11 is 0. The number of halogens is 4. The molecule has 0 aliphatic carbocycles. The largest absolute Gasteiger partial charge is 0.457 e. The zero-order chi connectivity index (χ0) is 19.1. The first kappa shape index (κ1) is 18.2. The molecule has 0 spiro atoms. The summed E-state index contributed by atoms with van der Waals surface area (Å²) < 4.78 is 73.8. The molecule has 0 amide bonds. The second-order valence-electron chi connectivity index (χ2n) is 5.58. The predicted molar refractivity (Wildman–Crippen MR) is 84.2 cm³/mol. The molecule has 2 aromatic rings. The van der Waals surface area contributed by atoms with Crippen LogP contribution in [0.1, 0.15) is 23.7 Å². The Labute approximate surface area is 146 Å². The van der Waals surface area contributed by atoms with Crippen molar-refractivity contribution in [1.82, 2.24) is 4.72 Å². The van der Waals surface area contributed by atoms with Crippen LogP contribution in [0.25, 0.3) is 0 Å². The maximum Gasteiger partial charge on any atom is 0.267 e. The van der Waals surface area contributed by atoms with E-state index in [-0.39, 0.29) is 16.2 Å². The number of hydrogen-bond donors (Lipinski definition) is 3. The van der Waals surface area contributed by atoms with Crippen molar-refractivity contribution < 1.29 is 31.6 Å². The quantitative estimate of drug-likeness (QED) is 0.325. The van der Waals surface area contributed by atoms with Gasteiger partial charge in [0, 0.05) is 28.7 Å². The van der Waals surface area contributed by atoms with Gasteiger partial charge in [-0.2, -0.15) is 5.26 Å². The molecule has 1 unspecified atom stereocenters. The van der Waals surface area contributed by atoms with Crippen molar-refractivity contribution in [2.24, 2.45) is 0 Å². The zero-order valence-corrected chi connectivity index (χ0v) is 13.8. The maximum atomic E-state index is 13.6. The van der Waals surface area contributed by atoms with E-state index < -0.39 is 51.3 Å². The average Bonchev–Trinajstić information content (AvgIpc) is 2.77. The van der Waals surface area contributed by atoms with Gasteiger partial charge in [-0.25, -0.2) is 17.6 Å². The Hall–Kier alpha value is -2.64. The number of thiol groups is 1. The van der Waals surface area contributed by atoms with E-state index in [1.807, 2.05) is 0 Å². The topological polar surface area (TPSA) is 82.4 Å². The molecule has 10 heteroatoms. The number of hydrogen-bond acceptors (Lipinski definition) is 4. The molecular formula is C16H12F4N2O3S. The molecule has 26 heavy (non-hydrogen) atoms. The molecule has 0 saturated carbocycles. The van der Waals surface area contributed by atoms with Gasteiger partial charge >= 0.3 is 0 Å². The molecule has 1 heterocycles. The monoisotopic (exact) mass is 388 g/mol. The van der Waals surface area contributed by atoms with Gasteiger partial charge in [-0.1, -0.05) is 0 Å². The summed E-state index contributed by atoms with van der Waals surface area (Å²) in [6.45, 7) is 0. The molecule has 0 bridgehead atoms. The molecule has 1 atom stereocenters. The smallest absolute Gasteiger partial charge is 0.267 e. The van der Waals surface area contributed by atoms with Gasteiger partial charge in [0.1, 0.15) is 23.1 Å². The maximum absolute atomic E-state index is 13.6. The van der Waals surface area contributed by atoms with Crippen molar-refractivity contribution in [3.63, 3.8) is 0 Å². The molecule has 2 aromatic carbocycles. The Morgan fingerprint density at radius 1 is 1.27 bits per heavy atom. The van der Waals surface area contributed by atoms with E-state index >= 15 is 0 Å². The Bertz CT molecular complexity index is 941. The average molecular weight is 388 g/mol. The lowest BCUT2D eigenvalue weighted by Gasteiger charge is -2.19. The fraction of sp³-hybridized carbons (Fsp3) is 0.188. The van der Waals surface area contributed by atoms with Crippen molar-refractivity contribution in [1.29, 1.82) is 5.26 Å². The summed E-state index contributed by atoms with van der Waals surface area (Å²) in [6.07, 6.45) is -3.13. The first-order valence-corrected chi connectivity index (χ1v) is 9.17. The first-order valence-electron chi connectivity index (χ1n) is 7.28. The van der Waals surface area contributed by atoms with Gasteiger partial charge in [0.15, 0.2) is 6.19 Å². The highest BCUT2D eigenvalue weighted by atomic mass is 32.3. The summed E-state index contributed by atoms with van der Waals surface area (Å²) in [5.74, 6) is -3.12. The van der Waals surface area contributed by atoms with Crippen LogP contribution in [0.2, 0.25) is 0 Å². The Morgan fingerprint density at radius 3 is 2.50 bits per heavy atom. The van der Waals surface area contributed by atoms with Crippen LogP contribution in [0.5, 0.6) is 11.5 Å². The summed E-state index contributed by atoms with van der Waals surface area (Å²) in [7, 11) is -3.57. The molecule has 2 N–H and O–H groups in total. The minimum Gasteiger partial charge on any atom is -0.457 e. The third-order valence-electron chi connectivity index (χ3n) is 3.89. The van der Waals surface area contributed by atoms with Crippen LogP contribution in [0, 0.1) is 23.1 Å². The Morgan fingerprint density at radius 2 is 1.92 bits per heavy atom. The van der Waals surface area contributed by atoms with E-state index in [4.69, 9.17) is 10.00 Å². The van der Waals surface area contributed by atoms with E-state index in [0.29, 0.717) is 6.07 Å². The molecule has 0 radical (unpaired) electrons. The molecule has 0 saturated heterocycles. The normalized spacial score (nSPS) is 18.9. The summed E-state index contributed by atoms with van der Waals surface area (Å²) in [6, 6.07) is 4.46. The zero-order valence-electron chi connectivity index (χ0n) is 12.9. The van der Waals surface area contributed by atoms with Crippen molar-refractivity contribution in [2.45, 2.75) is 17.4 Å². The van der Waals surface area contributed by atoms with Crippen molar-refractivity contribution in [2.75, 3.05) is 5.75 Å².